The number of ether oxygens (including phenoxy) is 1. The van der Waals surface area contributed by atoms with Crippen LogP contribution < -0.4 is 0 Å². The first-order valence-corrected chi connectivity index (χ1v) is 4.19. The smallest absolute Gasteiger partial charge is 0.311 e. The topological polar surface area (TPSA) is 66.8 Å². The van der Waals surface area contributed by atoms with Gasteiger partial charge in [-0.2, -0.15) is 0 Å². The molecule has 0 aliphatic carbocycles. The molecule has 3 unspecified atom stereocenters. The van der Waals surface area contributed by atoms with Crippen LogP contribution in [0.4, 0.5) is 0 Å². The molecule has 12 heavy (non-hydrogen) atoms. The van der Waals surface area contributed by atoms with E-state index in [2.05, 4.69) is 0 Å². The summed E-state index contributed by atoms with van der Waals surface area (Å²) in [4.78, 5) is 10.7. The normalized spacial score (nSPS) is 36.3. The van der Waals surface area contributed by atoms with Gasteiger partial charge in [0.25, 0.3) is 0 Å². The maximum Gasteiger partial charge on any atom is 0.311 e. The predicted octanol–water partition coefficient (Wildman–Crippen LogP) is 0.247. The number of aliphatic hydroxyl groups excluding tert-OH is 1. The number of carboxylic acid groups (broad SMARTS) is 1. The maximum atomic E-state index is 10.7. The highest BCUT2D eigenvalue weighted by Gasteiger charge is 2.37. The average molecular weight is 174 g/mol. The molecule has 1 rings (SSSR count). The molecule has 3 atom stereocenters. The van der Waals surface area contributed by atoms with Gasteiger partial charge in [0, 0.05) is 6.61 Å². The van der Waals surface area contributed by atoms with Gasteiger partial charge < -0.3 is 14.9 Å². The number of hydrogen-bond donors (Lipinski definition) is 2. The second kappa shape index (κ2) is 3.87. The molecule has 2 N–H and O–H groups in total. The lowest BCUT2D eigenvalue weighted by molar-refractivity contribution is -0.163. The van der Waals surface area contributed by atoms with Gasteiger partial charge in [-0.05, 0) is 12.8 Å². The number of carboxylic acids is 1. The first-order chi connectivity index (χ1) is 5.66. The van der Waals surface area contributed by atoms with Crippen LogP contribution in [0.5, 0.6) is 0 Å². The van der Waals surface area contributed by atoms with Crippen LogP contribution in [-0.2, 0) is 9.53 Å². The van der Waals surface area contributed by atoms with E-state index in [1.165, 1.54) is 0 Å². The van der Waals surface area contributed by atoms with Crippen LogP contribution in [0.25, 0.3) is 0 Å². The highest BCUT2D eigenvalue weighted by molar-refractivity contribution is 5.71. The van der Waals surface area contributed by atoms with E-state index in [1.54, 1.807) is 0 Å². The molecule has 1 saturated heterocycles. The molecule has 1 heterocycles. The van der Waals surface area contributed by atoms with E-state index in [4.69, 9.17) is 9.84 Å². The van der Waals surface area contributed by atoms with Crippen molar-refractivity contribution in [2.75, 3.05) is 6.61 Å². The number of aliphatic carboxylic acids is 1. The van der Waals surface area contributed by atoms with Crippen LogP contribution in [0.1, 0.15) is 19.8 Å². The standard InChI is InChI=1S/C8H14O4/c1-2-6-7(8(10)11)5(9)3-4-12-6/h5-7,9H,2-4H2,1H3,(H,10,11). The third-order valence-corrected chi connectivity index (χ3v) is 2.25. The summed E-state index contributed by atoms with van der Waals surface area (Å²) in [5.41, 5.74) is 0. The third-order valence-electron chi connectivity index (χ3n) is 2.25. The molecular formula is C8H14O4. The summed E-state index contributed by atoms with van der Waals surface area (Å²) in [7, 11) is 0. The minimum absolute atomic E-state index is 0.328. The molecule has 0 bridgehead atoms. The maximum absolute atomic E-state index is 10.7. The van der Waals surface area contributed by atoms with Gasteiger partial charge in [0.15, 0.2) is 0 Å². The molecule has 0 aromatic carbocycles. The van der Waals surface area contributed by atoms with Gasteiger partial charge in [-0.1, -0.05) is 6.92 Å². The molecule has 1 aliphatic rings. The summed E-state index contributed by atoms with van der Waals surface area (Å²) in [5.74, 6) is -1.71. The molecular weight excluding hydrogens is 160 g/mol. The molecule has 4 nitrogen and oxygen atoms in total. The van der Waals surface area contributed by atoms with Crippen molar-refractivity contribution in [3.63, 3.8) is 0 Å². The van der Waals surface area contributed by atoms with Crippen LogP contribution in [0.15, 0.2) is 0 Å². The Morgan fingerprint density at radius 1 is 1.67 bits per heavy atom. The molecule has 1 aliphatic heterocycles. The Kier molecular flexibility index (Phi) is 3.05. The van der Waals surface area contributed by atoms with E-state index >= 15 is 0 Å². The summed E-state index contributed by atoms with van der Waals surface area (Å²) in [6.45, 7) is 2.32. The van der Waals surface area contributed by atoms with Gasteiger partial charge in [-0.3, -0.25) is 4.79 Å². The fourth-order valence-electron chi connectivity index (χ4n) is 1.57. The van der Waals surface area contributed by atoms with Gasteiger partial charge in [0.2, 0.25) is 0 Å². The lowest BCUT2D eigenvalue weighted by Gasteiger charge is -2.32. The van der Waals surface area contributed by atoms with E-state index < -0.39 is 18.0 Å². The summed E-state index contributed by atoms with van der Waals surface area (Å²) in [6, 6.07) is 0. The quantitative estimate of drug-likeness (QED) is 0.629. The highest BCUT2D eigenvalue weighted by Crippen LogP contribution is 2.23. The SMILES string of the molecule is CCC1OCCC(O)C1C(=O)O. The number of hydrogen-bond acceptors (Lipinski definition) is 3. The van der Waals surface area contributed by atoms with Crippen molar-refractivity contribution in [3.8, 4) is 0 Å². The van der Waals surface area contributed by atoms with Crippen molar-refractivity contribution in [1.29, 1.82) is 0 Å². The average Bonchev–Trinajstić information content (AvgIpc) is 2.03. The van der Waals surface area contributed by atoms with Crippen LogP contribution in [0, 0.1) is 5.92 Å². The Morgan fingerprint density at radius 2 is 2.33 bits per heavy atom. The fourth-order valence-corrected chi connectivity index (χ4v) is 1.57. The van der Waals surface area contributed by atoms with Crippen molar-refractivity contribution in [2.45, 2.75) is 32.0 Å². The second-order valence-electron chi connectivity index (χ2n) is 3.04. The lowest BCUT2D eigenvalue weighted by Crippen LogP contribution is -2.44. The third kappa shape index (κ3) is 1.76. The Balaban J connectivity index is 2.66. The molecule has 4 heteroatoms. The number of aliphatic hydroxyl groups is 1. The fraction of sp³-hybridized carbons (Fsp3) is 0.875. The summed E-state index contributed by atoms with van der Waals surface area (Å²) in [6.07, 6.45) is -0.0194. The molecule has 0 radical (unpaired) electrons. The predicted molar refractivity (Wildman–Crippen MR) is 41.8 cm³/mol. The number of carbonyl (C=O) groups is 1. The monoisotopic (exact) mass is 174 g/mol. The van der Waals surface area contributed by atoms with Crippen molar-refractivity contribution in [1.82, 2.24) is 0 Å². The molecule has 0 amide bonds. The molecule has 0 aromatic rings. The highest BCUT2D eigenvalue weighted by atomic mass is 16.5. The van der Waals surface area contributed by atoms with Crippen molar-refractivity contribution in [3.05, 3.63) is 0 Å². The zero-order chi connectivity index (χ0) is 9.14. The minimum atomic E-state index is -0.964. The van der Waals surface area contributed by atoms with Crippen LogP contribution in [0.3, 0.4) is 0 Å². The van der Waals surface area contributed by atoms with Gasteiger partial charge in [-0.25, -0.2) is 0 Å². The van der Waals surface area contributed by atoms with Crippen molar-refractivity contribution in [2.24, 2.45) is 5.92 Å². The summed E-state index contributed by atoms with van der Waals surface area (Å²) in [5, 5.41) is 18.2. The second-order valence-corrected chi connectivity index (χ2v) is 3.04. The van der Waals surface area contributed by atoms with Gasteiger partial charge >= 0.3 is 5.97 Å². The van der Waals surface area contributed by atoms with Crippen molar-refractivity contribution < 1.29 is 19.7 Å². The largest absolute Gasteiger partial charge is 0.481 e. The summed E-state index contributed by atoms with van der Waals surface area (Å²) < 4.78 is 5.23. The first-order valence-electron chi connectivity index (χ1n) is 4.19. The zero-order valence-electron chi connectivity index (χ0n) is 7.06. The Morgan fingerprint density at radius 3 is 2.75 bits per heavy atom. The molecule has 0 saturated carbocycles. The zero-order valence-corrected chi connectivity index (χ0v) is 7.06. The van der Waals surface area contributed by atoms with E-state index in [1.807, 2.05) is 6.92 Å². The van der Waals surface area contributed by atoms with Gasteiger partial charge in [0.1, 0.15) is 5.92 Å². The van der Waals surface area contributed by atoms with E-state index in [0.29, 0.717) is 19.4 Å². The minimum Gasteiger partial charge on any atom is -0.481 e. The number of rotatable bonds is 2. The molecule has 1 fully saturated rings. The van der Waals surface area contributed by atoms with E-state index in [0.717, 1.165) is 0 Å². The Hall–Kier alpha value is -0.610. The first kappa shape index (κ1) is 9.48. The molecule has 0 spiro atoms. The Labute approximate surface area is 71.2 Å². The molecule has 70 valence electrons. The van der Waals surface area contributed by atoms with Gasteiger partial charge in [0.05, 0.1) is 12.2 Å². The lowest BCUT2D eigenvalue weighted by atomic mass is 9.90. The Bertz CT molecular complexity index is 168. The van der Waals surface area contributed by atoms with Crippen LogP contribution >= 0.6 is 0 Å². The van der Waals surface area contributed by atoms with Crippen molar-refractivity contribution >= 4 is 5.97 Å². The van der Waals surface area contributed by atoms with Gasteiger partial charge in [-0.15, -0.1) is 0 Å². The summed E-state index contributed by atoms with van der Waals surface area (Å²) >= 11 is 0. The van der Waals surface area contributed by atoms with Crippen LogP contribution in [-0.4, -0.2) is 35.0 Å². The molecule has 0 aromatic heterocycles. The van der Waals surface area contributed by atoms with E-state index in [9.17, 15) is 9.90 Å². The van der Waals surface area contributed by atoms with Crippen LogP contribution in [0.2, 0.25) is 0 Å². The van der Waals surface area contributed by atoms with E-state index in [-0.39, 0.29) is 6.10 Å².